The van der Waals surface area contributed by atoms with Gasteiger partial charge < -0.3 is 5.32 Å². The van der Waals surface area contributed by atoms with Crippen molar-refractivity contribution in [2.45, 2.75) is 51.5 Å². The minimum Gasteiger partial charge on any atom is -0.310 e. The molecule has 3 rings (SSSR count). The first-order valence-corrected chi connectivity index (χ1v) is 8.44. The van der Waals surface area contributed by atoms with Gasteiger partial charge in [0.2, 0.25) is 0 Å². The predicted molar refractivity (Wildman–Crippen MR) is 89.4 cm³/mol. The van der Waals surface area contributed by atoms with Crippen LogP contribution in [0.1, 0.15) is 57.1 Å². The molecule has 2 aromatic rings. The van der Waals surface area contributed by atoms with Crippen LogP contribution < -0.4 is 5.32 Å². The van der Waals surface area contributed by atoms with Gasteiger partial charge in [-0.05, 0) is 35.9 Å². The molecule has 1 atom stereocenters. The van der Waals surface area contributed by atoms with Crippen molar-refractivity contribution in [3.05, 3.63) is 42.2 Å². The van der Waals surface area contributed by atoms with E-state index < -0.39 is 0 Å². The first-order valence-electron chi connectivity index (χ1n) is 8.44. The van der Waals surface area contributed by atoms with Crippen LogP contribution in [0.15, 0.2) is 36.7 Å². The molecule has 21 heavy (non-hydrogen) atoms. The van der Waals surface area contributed by atoms with E-state index in [2.05, 4.69) is 41.5 Å². The molecule has 1 saturated carbocycles. The molecular weight excluding hydrogens is 256 g/mol. The van der Waals surface area contributed by atoms with E-state index in [1.807, 2.05) is 12.4 Å². The predicted octanol–water partition coefficient (Wildman–Crippen LogP) is 4.86. The Morgan fingerprint density at radius 2 is 2.05 bits per heavy atom. The Morgan fingerprint density at radius 1 is 1.19 bits per heavy atom. The van der Waals surface area contributed by atoms with Gasteiger partial charge in [0.1, 0.15) is 0 Å². The van der Waals surface area contributed by atoms with Crippen LogP contribution in [0.25, 0.3) is 10.8 Å². The summed E-state index contributed by atoms with van der Waals surface area (Å²) in [5.41, 5.74) is 1.45. The summed E-state index contributed by atoms with van der Waals surface area (Å²) in [6.45, 7) is 3.24. The molecule has 0 spiro atoms. The van der Waals surface area contributed by atoms with Gasteiger partial charge in [0, 0.05) is 23.8 Å². The number of nitrogens with zero attached hydrogens (tertiary/aromatic N) is 1. The van der Waals surface area contributed by atoms with Crippen molar-refractivity contribution in [1.82, 2.24) is 10.3 Å². The van der Waals surface area contributed by atoms with Crippen molar-refractivity contribution in [3.63, 3.8) is 0 Å². The lowest BCUT2D eigenvalue weighted by atomic mass is 9.82. The SMILES string of the molecule is CCNC(CC1CCCCC1)c1cccc2cnccc12. The fourth-order valence-corrected chi connectivity index (χ4v) is 3.77. The molecule has 112 valence electrons. The van der Waals surface area contributed by atoms with Gasteiger partial charge in [-0.2, -0.15) is 0 Å². The summed E-state index contributed by atoms with van der Waals surface area (Å²) < 4.78 is 0. The summed E-state index contributed by atoms with van der Waals surface area (Å²) in [7, 11) is 0. The topological polar surface area (TPSA) is 24.9 Å². The first-order chi connectivity index (χ1) is 10.4. The van der Waals surface area contributed by atoms with Crippen molar-refractivity contribution in [2.24, 2.45) is 5.92 Å². The number of benzene rings is 1. The fourth-order valence-electron chi connectivity index (χ4n) is 3.77. The summed E-state index contributed by atoms with van der Waals surface area (Å²) >= 11 is 0. The molecule has 1 heterocycles. The lowest BCUT2D eigenvalue weighted by Gasteiger charge is -2.28. The van der Waals surface area contributed by atoms with Crippen LogP contribution in [0, 0.1) is 5.92 Å². The van der Waals surface area contributed by atoms with Gasteiger partial charge in [-0.25, -0.2) is 0 Å². The molecule has 1 unspecified atom stereocenters. The normalized spacial score (nSPS) is 18.0. The van der Waals surface area contributed by atoms with E-state index >= 15 is 0 Å². The van der Waals surface area contributed by atoms with E-state index in [4.69, 9.17) is 0 Å². The van der Waals surface area contributed by atoms with Gasteiger partial charge in [-0.15, -0.1) is 0 Å². The van der Waals surface area contributed by atoms with E-state index in [0.29, 0.717) is 6.04 Å². The summed E-state index contributed by atoms with van der Waals surface area (Å²) in [6.07, 6.45) is 12.3. The molecule has 1 aliphatic rings. The Kier molecular flexibility index (Phi) is 4.87. The molecule has 1 aliphatic carbocycles. The van der Waals surface area contributed by atoms with E-state index in [0.717, 1.165) is 12.5 Å². The molecule has 0 aliphatic heterocycles. The van der Waals surface area contributed by atoms with Crippen LogP contribution in [-0.4, -0.2) is 11.5 Å². The van der Waals surface area contributed by atoms with Gasteiger partial charge in [-0.1, -0.05) is 57.2 Å². The number of pyridine rings is 1. The zero-order chi connectivity index (χ0) is 14.5. The highest BCUT2D eigenvalue weighted by molar-refractivity contribution is 5.85. The average molecular weight is 282 g/mol. The van der Waals surface area contributed by atoms with Crippen LogP contribution in [0.4, 0.5) is 0 Å². The lowest BCUT2D eigenvalue weighted by molar-refractivity contribution is 0.302. The molecule has 0 bridgehead atoms. The largest absolute Gasteiger partial charge is 0.310 e. The molecular formula is C19H26N2. The van der Waals surface area contributed by atoms with Gasteiger partial charge in [0.15, 0.2) is 0 Å². The molecule has 2 heteroatoms. The number of hydrogen-bond donors (Lipinski definition) is 1. The molecule has 1 N–H and O–H groups in total. The van der Waals surface area contributed by atoms with E-state index in [1.165, 1.54) is 54.9 Å². The van der Waals surface area contributed by atoms with Crippen molar-refractivity contribution >= 4 is 10.8 Å². The molecule has 1 aromatic heterocycles. The molecule has 0 radical (unpaired) electrons. The second kappa shape index (κ2) is 7.04. The molecule has 1 fully saturated rings. The highest BCUT2D eigenvalue weighted by Crippen LogP contribution is 2.34. The van der Waals surface area contributed by atoms with Crippen molar-refractivity contribution in [1.29, 1.82) is 0 Å². The Bertz CT molecular complexity index is 567. The van der Waals surface area contributed by atoms with Gasteiger partial charge in [0.25, 0.3) is 0 Å². The maximum absolute atomic E-state index is 4.25. The number of rotatable bonds is 5. The highest BCUT2D eigenvalue weighted by Gasteiger charge is 2.20. The number of hydrogen-bond acceptors (Lipinski definition) is 2. The van der Waals surface area contributed by atoms with Crippen LogP contribution in [-0.2, 0) is 0 Å². The highest BCUT2D eigenvalue weighted by atomic mass is 14.9. The Hall–Kier alpha value is -1.41. The molecule has 2 nitrogen and oxygen atoms in total. The van der Waals surface area contributed by atoms with Crippen LogP contribution in [0.5, 0.6) is 0 Å². The van der Waals surface area contributed by atoms with E-state index in [-0.39, 0.29) is 0 Å². The van der Waals surface area contributed by atoms with Gasteiger partial charge in [0.05, 0.1) is 0 Å². The minimum atomic E-state index is 0.476. The Balaban J connectivity index is 1.87. The monoisotopic (exact) mass is 282 g/mol. The average Bonchev–Trinajstić information content (AvgIpc) is 2.55. The standard InChI is InChI=1S/C19H26N2/c1-2-21-19(13-15-7-4-3-5-8-15)18-10-6-9-16-14-20-12-11-17(16)18/h6,9-12,14-15,19,21H,2-5,7-8,13H2,1H3. The molecule has 0 saturated heterocycles. The number of nitrogens with one attached hydrogen (secondary N) is 1. The van der Waals surface area contributed by atoms with Crippen molar-refractivity contribution in [2.75, 3.05) is 6.54 Å². The van der Waals surface area contributed by atoms with Gasteiger partial charge >= 0.3 is 0 Å². The van der Waals surface area contributed by atoms with Crippen molar-refractivity contribution < 1.29 is 0 Å². The smallest absolute Gasteiger partial charge is 0.0346 e. The maximum atomic E-state index is 4.25. The molecule has 1 aromatic carbocycles. The van der Waals surface area contributed by atoms with Crippen molar-refractivity contribution in [3.8, 4) is 0 Å². The number of fused-ring (bicyclic) bond motifs is 1. The summed E-state index contributed by atoms with van der Waals surface area (Å²) in [6, 6.07) is 9.26. The Morgan fingerprint density at radius 3 is 2.86 bits per heavy atom. The van der Waals surface area contributed by atoms with Gasteiger partial charge in [-0.3, -0.25) is 4.98 Å². The molecule has 0 amide bonds. The number of aromatic nitrogens is 1. The third kappa shape index (κ3) is 3.44. The Labute approximate surface area is 128 Å². The second-order valence-corrected chi connectivity index (χ2v) is 6.29. The lowest BCUT2D eigenvalue weighted by Crippen LogP contribution is -2.24. The zero-order valence-corrected chi connectivity index (χ0v) is 13.0. The zero-order valence-electron chi connectivity index (χ0n) is 13.0. The van der Waals surface area contributed by atoms with Crippen LogP contribution in [0.3, 0.4) is 0 Å². The maximum Gasteiger partial charge on any atom is 0.0346 e. The minimum absolute atomic E-state index is 0.476. The van der Waals surface area contributed by atoms with E-state index in [1.54, 1.807) is 0 Å². The third-order valence-electron chi connectivity index (χ3n) is 4.83. The summed E-state index contributed by atoms with van der Waals surface area (Å²) in [5.74, 6) is 0.889. The summed E-state index contributed by atoms with van der Waals surface area (Å²) in [4.78, 5) is 4.25. The fraction of sp³-hybridized carbons (Fsp3) is 0.526. The van der Waals surface area contributed by atoms with E-state index in [9.17, 15) is 0 Å². The third-order valence-corrected chi connectivity index (χ3v) is 4.83. The summed E-state index contributed by atoms with van der Waals surface area (Å²) in [5, 5.41) is 6.33. The van der Waals surface area contributed by atoms with Crippen LogP contribution in [0.2, 0.25) is 0 Å². The quantitative estimate of drug-likeness (QED) is 0.847. The van der Waals surface area contributed by atoms with Crippen LogP contribution >= 0.6 is 0 Å². The first kappa shape index (κ1) is 14.5. The second-order valence-electron chi connectivity index (χ2n) is 6.29.